The van der Waals surface area contributed by atoms with Gasteiger partial charge in [-0.1, -0.05) is 6.07 Å². The zero-order valence-electron chi connectivity index (χ0n) is 20.5. The SMILES string of the molecule is CN(Cc1ccc2nccnc2c1)C1CCN(c2ccc(C(=O)N3CCCC(CO)C3)cc2)CC1. The summed E-state index contributed by atoms with van der Waals surface area (Å²) < 4.78 is 0. The van der Waals surface area contributed by atoms with Gasteiger partial charge in [0, 0.05) is 69.0 Å². The van der Waals surface area contributed by atoms with E-state index in [0.717, 1.165) is 68.5 Å². The fourth-order valence-corrected chi connectivity index (χ4v) is 5.49. The van der Waals surface area contributed by atoms with Crippen molar-refractivity contribution >= 4 is 22.6 Å². The van der Waals surface area contributed by atoms with E-state index in [2.05, 4.69) is 57.1 Å². The van der Waals surface area contributed by atoms with Gasteiger partial charge in [0.25, 0.3) is 5.91 Å². The van der Waals surface area contributed by atoms with Crippen molar-refractivity contribution < 1.29 is 9.90 Å². The predicted octanol–water partition coefficient (Wildman–Crippen LogP) is 3.58. The summed E-state index contributed by atoms with van der Waals surface area (Å²) in [4.78, 5) is 28.5. The maximum Gasteiger partial charge on any atom is 0.253 e. The van der Waals surface area contributed by atoms with Crippen LogP contribution >= 0.6 is 0 Å². The molecule has 1 amide bonds. The van der Waals surface area contributed by atoms with Gasteiger partial charge in [-0.3, -0.25) is 19.7 Å². The summed E-state index contributed by atoms with van der Waals surface area (Å²) >= 11 is 0. The summed E-state index contributed by atoms with van der Waals surface area (Å²) in [6, 6.07) is 15.0. The van der Waals surface area contributed by atoms with Crippen molar-refractivity contribution in [1.82, 2.24) is 19.8 Å². The van der Waals surface area contributed by atoms with E-state index in [0.29, 0.717) is 12.6 Å². The Labute approximate surface area is 207 Å². The molecule has 7 nitrogen and oxygen atoms in total. The lowest BCUT2D eigenvalue weighted by Gasteiger charge is -2.38. The maximum absolute atomic E-state index is 12.9. The van der Waals surface area contributed by atoms with Crippen LogP contribution in [0.3, 0.4) is 0 Å². The Morgan fingerprint density at radius 3 is 2.49 bits per heavy atom. The van der Waals surface area contributed by atoms with Crippen molar-refractivity contribution in [3.8, 4) is 0 Å². The van der Waals surface area contributed by atoms with Crippen molar-refractivity contribution in [1.29, 1.82) is 0 Å². The molecule has 7 heteroatoms. The molecule has 1 N–H and O–H groups in total. The van der Waals surface area contributed by atoms with Gasteiger partial charge in [0.1, 0.15) is 0 Å². The number of likely N-dealkylation sites (tertiary alicyclic amines) is 1. The largest absolute Gasteiger partial charge is 0.396 e. The third kappa shape index (κ3) is 5.46. The number of amides is 1. The normalized spacial score (nSPS) is 19.5. The number of aromatic nitrogens is 2. The second-order valence-electron chi connectivity index (χ2n) is 10.0. The molecule has 3 heterocycles. The minimum atomic E-state index is 0.0784. The fraction of sp³-hybridized carbons (Fsp3) is 0.464. The topological polar surface area (TPSA) is 72.8 Å². The average Bonchev–Trinajstić information content (AvgIpc) is 2.93. The zero-order valence-corrected chi connectivity index (χ0v) is 20.5. The van der Waals surface area contributed by atoms with Gasteiger partial charge in [-0.2, -0.15) is 0 Å². The molecule has 2 aliphatic rings. The number of hydrogen-bond donors (Lipinski definition) is 1. The number of carbonyl (C=O) groups is 1. The summed E-state index contributed by atoms with van der Waals surface area (Å²) in [7, 11) is 2.21. The average molecular weight is 474 g/mol. The van der Waals surface area contributed by atoms with E-state index >= 15 is 0 Å². The second-order valence-corrected chi connectivity index (χ2v) is 10.0. The Balaban J connectivity index is 1.14. The molecule has 1 unspecified atom stereocenters. The van der Waals surface area contributed by atoms with Gasteiger partial charge in [0.15, 0.2) is 0 Å². The van der Waals surface area contributed by atoms with E-state index in [1.54, 1.807) is 12.4 Å². The van der Waals surface area contributed by atoms with Crippen LogP contribution in [0.1, 0.15) is 41.6 Å². The minimum absolute atomic E-state index is 0.0784. The van der Waals surface area contributed by atoms with E-state index in [-0.39, 0.29) is 18.4 Å². The Bertz CT molecular complexity index is 1140. The van der Waals surface area contributed by atoms with Crippen LogP contribution in [0, 0.1) is 5.92 Å². The number of nitrogens with zero attached hydrogens (tertiary/aromatic N) is 5. The quantitative estimate of drug-likeness (QED) is 0.590. The molecule has 0 saturated carbocycles. The fourth-order valence-electron chi connectivity index (χ4n) is 5.49. The van der Waals surface area contributed by atoms with Gasteiger partial charge in [0.2, 0.25) is 0 Å². The third-order valence-corrected chi connectivity index (χ3v) is 7.60. The molecule has 1 atom stereocenters. The van der Waals surface area contributed by atoms with E-state index in [1.165, 1.54) is 11.3 Å². The summed E-state index contributed by atoms with van der Waals surface area (Å²) in [6.45, 7) is 4.52. The van der Waals surface area contributed by atoms with Crippen LogP contribution in [0.25, 0.3) is 11.0 Å². The lowest BCUT2D eigenvalue weighted by atomic mass is 9.98. The minimum Gasteiger partial charge on any atom is -0.396 e. The molecule has 3 aromatic rings. The molecule has 2 aromatic carbocycles. The third-order valence-electron chi connectivity index (χ3n) is 7.60. The number of rotatable bonds is 6. The van der Waals surface area contributed by atoms with Crippen LogP contribution in [0.15, 0.2) is 54.9 Å². The highest BCUT2D eigenvalue weighted by atomic mass is 16.3. The molecular weight excluding hydrogens is 438 g/mol. The zero-order chi connectivity index (χ0) is 24.2. The molecule has 5 rings (SSSR count). The van der Waals surface area contributed by atoms with Crippen LogP contribution in [-0.4, -0.2) is 76.7 Å². The van der Waals surface area contributed by atoms with Gasteiger partial charge >= 0.3 is 0 Å². The van der Waals surface area contributed by atoms with Gasteiger partial charge < -0.3 is 14.9 Å². The van der Waals surface area contributed by atoms with Crippen molar-refractivity contribution in [2.75, 3.05) is 44.7 Å². The lowest BCUT2D eigenvalue weighted by molar-refractivity contribution is 0.0620. The number of carbonyl (C=O) groups excluding carboxylic acids is 1. The highest BCUT2D eigenvalue weighted by molar-refractivity contribution is 5.94. The number of benzene rings is 2. The molecule has 0 aliphatic carbocycles. The van der Waals surface area contributed by atoms with Gasteiger partial charge in [0.05, 0.1) is 11.0 Å². The van der Waals surface area contributed by atoms with Crippen LogP contribution in [-0.2, 0) is 6.54 Å². The van der Waals surface area contributed by atoms with Crippen molar-refractivity contribution in [2.45, 2.75) is 38.3 Å². The molecule has 2 aliphatic heterocycles. The molecule has 0 radical (unpaired) electrons. The Kier molecular flexibility index (Phi) is 7.25. The van der Waals surface area contributed by atoms with Gasteiger partial charge in [-0.05, 0) is 80.6 Å². The van der Waals surface area contributed by atoms with Crippen molar-refractivity contribution in [2.24, 2.45) is 5.92 Å². The van der Waals surface area contributed by atoms with Gasteiger partial charge in [-0.15, -0.1) is 0 Å². The van der Waals surface area contributed by atoms with E-state index in [1.807, 2.05) is 17.0 Å². The number of aliphatic hydroxyl groups is 1. The standard InChI is InChI=1S/C28H35N5O2/c1-31(18-21-4-9-26-27(17-21)30-13-12-29-26)24-10-15-32(16-11-24)25-7-5-23(6-8-25)28(35)33-14-2-3-22(19-33)20-34/h4-9,12-13,17,22,24,34H,2-3,10-11,14-16,18-20H2,1H3. The van der Waals surface area contributed by atoms with Crippen molar-refractivity contribution in [3.63, 3.8) is 0 Å². The number of anilines is 1. The molecular formula is C28H35N5O2. The first-order chi connectivity index (χ1) is 17.1. The highest BCUT2D eigenvalue weighted by Gasteiger charge is 2.25. The number of fused-ring (bicyclic) bond motifs is 1. The molecule has 2 fully saturated rings. The van der Waals surface area contributed by atoms with E-state index in [4.69, 9.17) is 0 Å². The first kappa shape index (κ1) is 23.7. The lowest BCUT2D eigenvalue weighted by Crippen LogP contribution is -2.43. The Hall–Kier alpha value is -3.03. The summed E-state index contributed by atoms with van der Waals surface area (Å²) in [6.07, 6.45) is 7.67. The van der Waals surface area contributed by atoms with Crippen LogP contribution in [0.2, 0.25) is 0 Å². The van der Waals surface area contributed by atoms with Crippen molar-refractivity contribution in [3.05, 3.63) is 66.0 Å². The molecule has 35 heavy (non-hydrogen) atoms. The Morgan fingerprint density at radius 2 is 1.74 bits per heavy atom. The predicted molar refractivity (Wildman–Crippen MR) is 138 cm³/mol. The van der Waals surface area contributed by atoms with Crippen LogP contribution < -0.4 is 4.90 Å². The smallest absolute Gasteiger partial charge is 0.253 e. The second kappa shape index (κ2) is 10.7. The Morgan fingerprint density at radius 1 is 1.00 bits per heavy atom. The number of piperidine rings is 2. The number of aliphatic hydroxyl groups excluding tert-OH is 1. The molecule has 0 bridgehead atoms. The number of hydrogen-bond acceptors (Lipinski definition) is 6. The highest BCUT2D eigenvalue weighted by Crippen LogP contribution is 2.25. The van der Waals surface area contributed by atoms with E-state index < -0.39 is 0 Å². The summed E-state index contributed by atoms with van der Waals surface area (Å²) in [5.74, 6) is 0.288. The monoisotopic (exact) mass is 473 g/mol. The molecule has 1 aromatic heterocycles. The molecule has 0 spiro atoms. The first-order valence-electron chi connectivity index (χ1n) is 12.8. The summed E-state index contributed by atoms with van der Waals surface area (Å²) in [5.41, 5.74) is 5.07. The molecule has 2 saturated heterocycles. The van der Waals surface area contributed by atoms with Crippen LogP contribution in [0.4, 0.5) is 5.69 Å². The first-order valence-corrected chi connectivity index (χ1v) is 12.8. The van der Waals surface area contributed by atoms with Crippen LogP contribution in [0.5, 0.6) is 0 Å². The molecule has 184 valence electrons. The van der Waals surface area contributed by atoms with E-state index in [9.17, 15) is 9.90 Å². The van der Waals surface area contributed by atoms with Gasteiger partial charge in [-0.25, -0.2) is 0 Å². The maximum atomic E-state index is 12.9. The summed E-state index contributed by atoms with van der Waals surface area (Å²) in [5, 5.41) is 9.46.